The van der Waals surface area contributed by atoms with Gasteiger partial charge in [0.25, 0.3) is 5.91 Å². The van der Waals surface area contributed by atoms with Crippen molar-refractivity contribution in [3.05, 3.63) is 159 Å². The number of aromatic nitrogens is 12. The molecule has 3 spiro atoms. The van der Waals surface area contributed by atoms with Crippen molar-refractivity contribution in [3.8, 4) is 56.8 Å². The molecule has 0 unspecified atom stereocenters. The van der Waals surface area contributed by atoms with Gasteiger partial charge in [-0.05, 0) is 243 Å². The largest absolute Gasteiger partial charge is 0.496 e. The van der Waals surface area contributed by atoms with E-state index in [0.717, 1.165) is 155 Å². The highest BCUT2D eigenvalue weighted by Crippen LogP contribution is 2.45. The van der Waals surface area contributed by atoms with Crippen LogP contribution in [0.3, 0.4) is 0 Å². The van der Waals surface area contributed by atoms with Crippen molar-refractivity contribution in [2.24, 2.45) is 5.73 Å². The number of nitrogens with zero attached hydrogens (tertiary/aromatic N) is 14. The molecule has 18 rings (SSSR count). The number of hydrogen-bond acceptors (Lipinski definition) is 37. The van der Waals surface area contributed by atoms with Crippen LogP contribution in [0.5, 0.6) is 23.0 Å². The second-order valence-electron chi connectivity index (χ2n) is 32.8. The molecule has 0 atom stereocenters. The highest BCUT2D eigenvalue weighted by Gasteiger charge is 2.49. The highest BCUT2D eigenvalue weighted by atomic mass is 35.5. The maximum absolute atomic E-state index is 12.2. The van der Waals surface area contributed by atoms with E-state index in [1.807, 2.05) is 52.0 Å². The molecule has 3 saturated carbocycles. The van der Waals surface area contributed by atoms with Gasteiger partial charge in [-0.25, -0.2) is 44.3 Å². The lowest BCUT2D eigenvalue weighted by molar-refractivity contribution is 0.00882. The number of rotatable bonds is 26. The fourth-order valence-corrected chi connectivity index (χ4v) is 14.8. The number of ether oxygens (including phenoxy) is 11. The lowest BCUT2D eigenvalue weighted by Gasteiger charge is -2.33. The molecule has 17 N–H and O–H groups in total. The number of benzene rings is 4. The van der Waals surface area contributed by atoms with Crippen LogP contribution < -0.4 is 73.5 Å². The van der Waals surface area contributed by atoms with Crippen LogP contribution in [0.4, 0.5) is 35.2 Å². The van der Waals surface area contributed by atoms with E-state index in [9.17, 15) is 29.4 Å². The molecule has 12 aromatic rings. The normalized spacial score (nSPS) is 14.1. The first-order valence-corrected chi connectivity index (χ1v) is 48.7. The minimum absolute atomic E-state index is 0. The van der Waals surface area contributed by atoms with Crippen LogP contribution in [0.25, 0.3) is 77.9 Å². The minimum Gasteiger partial charge on any atom is -0.496 e. The Kier molecular flexibility index (Phi) is 50.0. The molecule has 0 radical (unpaired) electrons. The molecule has 146 heavy (non-hydrogen) atoms. The zero-order chi connectivity index (χ0) is 106. The third-order valence-electron chi connectivity index (χ3n) is 22.2. The van der Waals surface area contributed by atoms with Crippen molar-refractivity contribution in [1.29, 1.82) is 0 Å². The summed E-state index contributed by atoms with van der Waals surface area (Å²) >= 11 is 17.1. The monoisotopic (exact) mass is 2100 g/mol. The Hall–Kier alpha value is -12.5. The van der Waals surface area contributed by atoms with Gasteiger partial charge in [0.2, 0.25) is 22.5 Å². The molecule has 8 aromatic heterocycles. The number of carbonyl (C=O) groups excluding carboxylic acids is 1. The van der Waals surface area contributed by atoms with Crippen molar-refractivity contribution in [3.63, 3.8) is 0 Å². The van der Waals surface area contributed by atoms with Gasteiger partial charge in [0.1, 0.15) is 68.1 Å². The molecule has 790 valence electrons. The summed E-state index contributed by atoms with van der Waals surface area (Å²) in [6.45, 7) is 30.8. The van der Waals surface area contributed by atoms with Gasteiger partial charge in [0, 0.05) is 116 Å². The molecule has 11 heterocycles. The number of carboxylic acid groups (broad SMARTS) is 3. The summed E-state index contributed by atoms with van der Waals surface area (Å²) in [6.07, 6.45) is 11.3. The van der Waals surface area contributed by atoms with Crippen LogP contribution in [0, 0.1) is 0 Å². The molecule has 6 fully saturated rings. The molecule has 6 aliphatic rings. The molecule has 3 aliphatic carbocycles. The molecule has 3 aliphatic heterocycles. The number of carbonyl (C=O) groups is 4. The first kappa shape index (κ1) is 120. The Labute approximate surface area is 870 Å². The quantitative estimate of drug-likeness (QED) is 0.0104. The van der Waals surface area contributed by atoms with Gasteiger partial charge in [-0.2, -0.15) is 29.9 Å². The second kappa shape index (κ2) is 60.6. The summed E-state index contributed by atoms with van der Waals surface area (Å²) in [7, 11) is 7.14. The zero-order valence-corrected chi connectivity index (χ0v) is 87.9. The average Bonchev–Trinajstić information content (AvgIpc) is 1.56. The van der Waals surface area contributed by atoms with E-state index in [-0.39, 0.29) is 79.6 Å². The number of hydrogen-bond donors (Lipinski definition) is 12. The molecule has 0 bridgehead atoms. The van der Waals surface area contributed by atoms with Crippen LogP contribution in [0.15, 0.2) is 121 Å². The van der Waals surface area contributed by atoms with E-state index < -0.39 is 25.0 Å². The number of morpholine rings is 3. The number of fused-ring (bicyclic) bond motifs is 4. The van der Waals surface area contributed by atoms with E-state index in [1.165, 1.54) is 66.5 Å². The fraction of sp³-hybridized carbons (Fsp3) is 0.440. The van der Waals surface area contributed by atoms with E-state index >= 15 is 0 Å². The van der Waals surface area contributed by atoms with Crippen LogP contribution in [-0.2, 0) is 33.2 Å². The Morgan fingerprint density at radius 2 is 0.740 bits per heavy atom. The SMILES string of the molecule is C1COC2(CC2)CN1.CCCOCC.CCCOCC.CCCOCC.CCCOCC.CN.CNC(=O)c1cc(-c2ccc3c(N)nc(N4CCOC5(CC5)C4)nc3n2)ccc1OC.COc1ccc(-c2ccc3c(N)nc(Cl)nc3n2)cc1C(=O)O.COc1ccc(-c2ccc3c(N)nc(N4CCOC5(CC5)C4)nc3n2)cc1C(=O)O.COc1ccc(B(O)O)cc1C(=O)O.Cl.Nc1nc(Cl)nc2nc(Cl)ccc12. The maximum atomic E-state index is 12.2. The lowest BCUT2D eigenvalue weighted by atomic mass is 9.79. The molecule has 4 aromatic carbocycles. The number of pyridine rings is 4. The zero-order valence-electron chi connectivity index (χ0n) is 84.8. The van der Waals surface area contributed by atoms with Crippen LogP contribution in [0.2, 0.25) is 15.7 Å². The third kappa shape index (κ3) is 35.7. The molecule has 46 heteroatoms. The average molecular weight is 2100 g/mol. The molecule has 3 saturated heterocycles. The number of amides is 1. The standard InChI is InChI=1S/C22H24N6O3.C21H21N5O4.C15H11ClN4O3.C8H9BO5.C7H4Cl2N4.C6H11NO.4C5H12O.CH5N.ClH/c1-24-20(29)15-11-13(3-6-17(15)30-2)16-5-4-14-18(23)26-21(27-19(14)25-16)28-9-10-31-22(12-28)7-8-22;1-29-16-5-2-12(10-14(16)19(27)28)15-4-3-13-17(22)24-20(25-18(13)23-15)26-8-9-30-21(11-26)6-7-21;1-23-11-5-2-7(6-9(11)14(21)22)10-4-3-8-12(17)19-15(16)20-13(8)18-10;1-14-7-3-2-5(9(12)13)4-6(7)8(10)11;8-4-2-1-3-5(10)12-7(9)13-6(3)11-4;1-2-6(1)5-7-3-4-8-6;4*1-3-5-6-4-2;1-2;/h3-6,11H,7-10,12H2,1-2H3,(H,24,29)(H2,23,25,26,27);2-5,10H,6-9,11H2,1H3,(H,27,28)(H2,22,23,24,25);2-6H,1H3,(H,21,22)(H2,17,18,19,20);2-4,12-13H,1H3,(H,10,11);1-2H,(H2,10,11,12,13);7H,1-5H2;4*3-5H2,1-2H3;2H2,1H3;1H. The van der Waals surface area contributed by atoms with Gasteiger partial charge in [0.15, 0.2) is 22.6 Å². The van der Waals surface area contributed by atoms with Crippen LogP contribution in [-0.4, -0.2) is 287 Å². The van der Waals surface area contributed by atoms with E-state index in [1.54, 1.807) is 79.8 Å². The second-order valence-corrected chi connectivity index (χ2v) is 33.8. The molecular weight excluding hydrogens is 1970 g/mol. The van der Waals surface area contributed by atoms with Gasteiger partial charge < -0.3 is 127 Å². The number of halogens is 4. The topological polar surface area (TPSA) is 586 Å². The number of nitrogen functional groups attached to an aromatic ring is 4. The van der Waals surface area contributed by atoms with Crippen LogP contribution >= 0.6 is 47.2 Å². The Bertz CT molecular complexity index is 6170. The Morgan fingerprint density at radius 3 is 1.05 bits per heavy atom. The summed E-state index contributed by atoms with van der Waals surface area (Å²) in [5.41, 5.74) is 34.7. The summed E-state index contributed by atoms with van der Waals surface area (Å²) in [6, 6.07) is 33.1. The van der Waals surface area contributed by atoms with Crippen molar-refractivity contribution >= 4 is 163 Å². The van der Waals surface area contributed by atoms with E-state index in [4.69, 9.17) is 135 Å². The number of methoxy groups -OCH3 is 4. The Balaban J connectivity index is 0.000000233. The fourth-order valence-electron chi connectivity index (χ4n) is 14.3. The molecular formula is C100H134BCl4N21O20. The van der Waals surface area contributed by atoms with Gasteiger partial charge in [-0.3, -0.25) is 4.79 Å². The smallest absolute Gasteiger partial charge is 0.488 e. The van der Waals surface area contributed by atoms with Gasteiger partial charge in [-0.1, -0.05) is 45.4 Å². The number of nitrogens with two attached hydrogens (primary N) is 5. The molecule has 1 amide bonds. The Morgan fingerprint density at radius 1 is 0.418 bits per heavy atom. The number of nitrogens with one attached hydrogen (secondary N) is 2. The minimum atomic E-state index is -1.68. The van der Waals surface area contributed by atoms with Gasteiger partial charge in [-0.15, -0.1) is 12.4 Å². The van der Waals surface area contributed by atoms with Crippen molar-refractivity contribution in [1.82, 2.24) is 70.4 Å². The van der Waals surface area contributed by atoms with E-state index in [0.29, 0.717) is 149 Å². The summed E-state index contributed by atoms with van der Waals surface area (Å²) < 4.78 is 57.5. The van der Waals surface area contributed by atoms with Gasteiger partial charge in [0.05, 0.1) is 109 Å². The summed E-state index contributed by atoms with van der Waals surface area (Å²) in [5, 5.41) is 54.0. The summed E-state index contributed by atoms with van der Waals surface area (Å²) in [4.78, 5) is 102. The predicted octanol–water partition coefficient (Wildman–Crippen LogP) is 13.8. The highest BCUT2D eigenvalue weighted by molar-refractivity contribution is 6.58. The maximum Gasteiger partial charge on any atom is 0.488 e. The first-order valence-electron chi connectivity index (χ1n) is 47.5. The van der Waals surface area contributed by atoms with Crippen molar-refractivity contribution < 1.29 is 96.7 Å². The lowest BCUT2D eigenvalue weighted by Crippen LogP contribution is -2.44. The summed E-state index contributed by atoms with van der Waals surface area (Å²) in [5.74, 6) is 0.120. The number of aromatic carboxylic acids is 3. The van der Waals surface area contributed by atoms with Crippen LogP contribution in [0.1, 0.15) is 161 Å². The van der Waals surface area contributed by atoms with Crippen molar-refractivity contribution in [2.75, 3.05) is 187 Å². The van der Waals surface area contributed by atoms with Gasteiger partial charge >= 0.3 is 25.0 Å². The third-order valence-corrected chi connectivity index (χ3v) is 22.8. The molecule has 41 nitrogen and oxygen atoms in total. The number of carboxylic acids is 3. The van der Waals surface area contributed by atoms with E-state index in [2.05, 4.69) is 104 Å². The predicted molar refractivity (Wildman–Crippen MR) is 571 cm³/mol. The first-order chi connectivity index (χ1) is 69.8. The number of anilines is 6. The van der Waals surface area contributed by atoms with Crippen molar-refractivity contribution in [2.45, 2.75) is 136 Å².